The lowest BCUT2D eigenvalue weighted by atomic mass is 10.2. The number of halogens is 1. The monoisotopic (exact) mass is 370 g/mol. The zero-order valence-electron chi connectivity index (χ0n) is 13.0. The summed E-state index contributed by atoms with van der Waals surface area (Å²) in [7, 11) is 1.64. The number of hydrogen-bond acceptors (Lipinski definition) is 4. The van der Waals surface area contributed by atoms with Crippen LogP contribution in [0.5, 0.6) is 5.75 Å². The molecule has 0 saturated heterocycles. The molecule has 6 nitrogen and oxygen atoms in total. The Labute approximate surface area is 137 Å². The van der Waals surface area contributed by atoms with Crippen LogP contribution in [0, 0.1) is 0 Å². The van der Waals surface area contributed by atoms with E-state index in [0.29, 0.717) is 11.4 Å². The number of rotatable bonds is 1. The second kappa shape index (κ2) is 6.16. The number of benzene rings is 1. The molecule has 1 aromatic carbocycles. The van der Waals surface area contributed by atoms with Gasteiger partial charge < -0.3 is 19.7 Å². The van der Waals surface area contributed by atoms with E-state index >= 15 is 0 Å². The molecule has 2 rings (SSSR count). The lowest BCUT2D eigenvalue weighted by Gasteiger charge is -2.23. The molecule has 0 spiro atoms. The maximum atomic E-state index is 12.5. The highest BCUT2D eigenvalue weighted by Gasteiger charge is 2.31. The van der Waals surface area contributed by atoms with Crippen molar-refractivity contribution in [1.29, 1.82) is 0 Å². The second-order valence-electron chi connectivity index (χ2n) is 6.02. The molecule has 0 aliphatic carbocycles. The van der Waals surface area contributed by atoms with Gasteiger partial charge in [0.05, 0.1) is 5.69 Å². The van der Waals surface area contributed by atoms with Crippen LogP contribution in [0.2, 0.25) is 0 Å². The number of likely N-dealkylation sites (N-methyl/N-ethyl adjacent to an activating group) is 1. The zero-order chi connectivity index (χ0) is 16.5. The van der Waals surface area contributed by atoms with Crippen LogP contribution < -0.4 is 15.0 Å². The molecule has 0 fully saturated rings. The Hall–Kier alpha value is -1.76. The molecule has 1 aromatic rings. The van der Waals surface area contributed by atoms with Gasteiger partial charge in [-0.2, -0.15) is 0 Å². The molecule has 0 saturated carbocycles. The van der Waals surface area contributed by atoms with E-state index in [4.69, 9.17) is 9.47 Å². The van der Waals surface area contributed by atoms with Crippen molar-refractivity contribution >= 4 is 33.6 Å². The van der Waals surface area contributed by atoms with Crippen LogP contribution in [-0.2, 0) is 9.53 Å². The minimum absolute atomic E-state index is 0.0526. The van der Waals surface area contributed by atoms with E-state index in [-0.39, 0.29) is 12.5 Å². The fourth-order valence-corrected chi connectivity index (χ4v) is 2.37. The van der Waals surface area contributed by atoms with Gasteiger partial charge in [-0.15, -0.1) is 0 Å². The van der Waals surface area contributed by atoms with Crippen molar-refractivity contribution in [2.45, 2.75) is 32.4 Å². The van der Waals surface area contributed by atoms with E-state index in [1.54, 1.807) is 40.0 Å². The molecule has 1 aliphatic rings. The minimum atomic E-state index is -0.800. The van der Waals surface area contributed by atoms with Crippen LogP contribution in [0.3, 0.4) is 0 Å². The van der Waals surface area contributed by atoms with Crippen LogP contribution in [0.15, 0.2) is 22.7 Å². The Kier molecular flexibility index (Phi) is 4.65. The van der Waals surface area contributed by atoms with Crippen molar-refractivity contribution in [3.05, 3.63) is 22.7 Å². The Bertz CT molecular complexity index is 598. The van der Waals surface area contributed by atoms with Crippen molar-refractivity contribution in [3.8, 4) is 5.75 Å². The number of fused-ring (bicyclic) bond motifs is 1. The van der Waals surface area contributed by atoms with Gasteiger partial charge >= 0.3 is 6.09 Å². The molecule has 1 aliphatic heterocycles. The largest absolute Gasteiger partial charge is 0.489 e. The van der Waals surface area contributed by atoms with Gasteiger partial charge in [0, 0.05) is 11.5 Å². The number of carbonyl (C=O) groups excluding carboxylic acids is 2. The average Bonchev–Trinajstić information content (AvgIpc) is 2.50. The first kappa shape index (κ1) is 16.6. The fraction of sp³-hybridized carbons (Fsp3) is 0.467. The van der Waals surface area contributed by atoms with E-state index in [1.165, 1.54) is 4.90 Å². The third-order valence-corrected chi connectivity index (χ3v) is 3.50. The zero-order valence-corrected chi connectivity index (χ0v) is 14.6. The third kappa shape index (κ3) is 3.91. The fourth-order valence-electron chi connectivity index (χ4n) is 2.02. The summed E-state index contributed by atoms with van der Waals surface area (Å²) in [6.45, 7) is 5.34. The highest BCUT2D eigenvalue weighted by Crippen LogP contribution is 2.33. The first-order valence-electron chi connectivity index (χ1n) is 6.87. The van der Waals surface area contributed by atoms with E-state index in [9.17, 15) is 9.59 Å². The first-order valence-corrected chi connectivity index (χ1v) is 7.66. The summed E-state index contributed by atoms with van der Waals surface area (Å²) >= 11 is 3.37. The Morgan fingerprint density at radius 3 is 2.77 bits per heavy atom. The van der Waals surface area contributed by atoms with E-state index in [2.05, 4.69) is 21.2 Å². The number of nitrogens with one attached hydrogen (secondary N) is 1. The molecular weight excluding hydrogens is 352 g/mol. The number of amides is 2. The van der Waals surface area contributed by atoms with Gasteiger partial charge in [-0.05, 0) is 39.0 Å². The highest BCUT2D eigenvalue weighted by molar-refractivity contribution is 9.10. The second-order valence-corrected chi connectivity index (χ2v) is 6.93. The molecule has 1 atom stereocenters. The van der Waals surface area contributed by atoms with Crippen LogP contribution in [0.1, 0.15) is 20.8 Å². The van der Waals surface area contributed by atoms with Crippen molar-refractivity contribution in [2.24, 2.45) is 0 Å². The number of nitrogens with zero attached hydrogens (tertiary/aromatic N) is 1. The summed E-state index contributed by atoms with van der Waals surface area (Å²) in [6, 6.07) is 4.60. The Morgan fingerprint density at radius 2 is 2.14 bits per heavy atom. The Morgan fingerprint density at radius 1 is 1.45 bits per heavy atom. The summed E-state index contributed by atoms with van der Waals surface area (Å²) < 4.78 is 11.7. The average molecular weight is 371 g/mol. The molecule has 22 heavy (non-hydrogen) atoms. The van der Waals surface area contributed by atoms with Gasteiger partial charge in [0.25, 0.3) is 5.91 Å². The lowest BCUT2D eigenvalue weighted by molar-refractivity contribution is -0.120. The van der Waals surface area contributed by atoms with Crippen molar-refractivity contribution < 1.29 is 19.1 Å². The maximum Gasteiger partial charge on any atom is 0.408 e. The third-order valence-electron chi connectivity index (χ3n) is 3.01. The van der Waals surface area contributed by atoms with Crippen molar-refractivity contribution in [3.63, 3.8) is 0 Å². The maximum absolute atomic E-state index is 12.5. The number of anilines is 1. The quantitative estimate of drug-likeness (QED) is 0.824. The molecule has 0 radical (unpaired) electrons. The normalized spacial score (nSPS) is 18.1. The summed E-state index contributed by atoms with van der Waals surface area (Å²) in [5.41, 5.74) is 0.0196. The van der Waals surface area contributed by atoms with E-state index in [1.807, 2.05) is 6.07 Å². The molecule has 120 valence electrons. The minimum Gasteiger partial charge on any atom is -0.489 e. The molecule has 0 aromatic heterocycles. The summed E-state index contributed by atoms with van der Waals surface area (Å²) in [5.74, 6) is 0.329. The number of ether oxygens (including phenoxy) is 2. The molecule has 1 heterocycles. The lowest BCUT2D eigenvalue weighted by Crippen LogP contribution is -2.50. The van der Waals surface area contributed by atoms with Crippen LogP contribution in [-0.4, -0.2) is 37.3 Å². The SMILES string of the molecule is CN1C(=O)[C@@H](NC(=O)OC(C)(C)C)COc2ccc(Br)cc21. The number of hydrogen-bond donors (Lipinski definition) is 1. The van der Waals surface area contributed by atoms with Crippen molar-refractivity contribution in [2.75, 3.05) is 18.6 Å². The molecule has 7 heteroatoms. The summed E-state index contributed by atoms with van der Waals surface area (Å²) in [4.78, 5) is 25.8. The van der Waals surface area contributed by atoms with Gasteiger partial charge in [0.15, 0.2) is 0 Å². The van der Waals surface area contributed by atoms with Crippen LogP contribution in [0.25, 0.3) is 0 Å². The van der Waals surface area contributed by atoms with Crippen molar-refractivity contribution in [1.82, 2.24) is 5.32 Å². The molecule has 1 N–H and O–H groups in total. The molecular formula is C15H19BrN2O4. The highest BCUT2D eigenvalue weighted by atomic mass is 79.9. The molecule has 0 bridgehead atoms. The Balaban J connectivity index is 2.15. The molecule has 0 unspecified atom stereocenters. The van der Waals surface area contributed by atoms with Crippen LogP contribution in [0.4, 0.5) is 10.5 Å². The standard InChI is InChI=1S/C15H19BrN2O4/c1-15(2,3)22-14(20)17-10-8-21-12-6-5-9(16)7-11(12)18(4)13(10)19/h5-7,10H,8H2,1-4H3,(H,17,20)/t10-/m0/s1. The van der Waals surface area contributed by atoms with E-state index in [0.717, 1.165) is 4.47 Å². The summed E-state index contributed by atoms with van der Waals surface area (Å²) in [6.07, 6.45) is -0.644. The van der Waals surface area contributed by atoms with Gasteiger partial charge in [-0.25, -0.2) is 4.79 Å². The van der Waals surface area contributed by atoms with E-state index < -0.39 is 17.7 Å². The smallest absolute Gasteiger partial charge is 0.408 e. The number of carbonyl (C=O) groups is 2. The predicted octanol–water partition coefficient (Wildman–Crippen LogP) is 2.70. The van der Waals surface area contributed by atoms with Gasteiger partial charge in [-0.1, -0.05) is 15.9 Å². The molecule has 2 amide bonds. The predicted molar refractivity (Wildman–Crippen MR) is 86.2 cm³/mol. The van der Waals surface area contributed by atoms with Gasteiger partial charge in [-0.3, -0.25) is 4.79 Å². The van der Waals surface area contributed by atoms with Crippen LogP contribution >= 0.6 is 15.9 Å². The first-order chi connectivity index (χ1) is 10.2. The topological polar surface area (TPSA) is 67.9 Å². The summed E-state index contributed by atoms with van der Waals surface area (Å²) in [5, 5.41) is 2.56. The number of alkyl carbamates (subject to hydrolysis) is 1. The van der Waals surface area contributed by atoms with Gasteiger partial charge in [0.2, 0.25) is 0 Å². The van der Waals surface area contributed by atoms with Gasteiger partial charge in [0.1, 0.15) is 24.0 Å².